The maximum absolute atomic E-state index is 13.0. The first-order chi connectivity index (χ1) is 16.1. The maximum Gasteiger partial charge on any atom is 0.336 e. The van der Waals surface area contributed by atoms with Gasteiger partial charge in [-0.05, 0) is 17.2 Å². The lowest BCUT2D eigenvalue weighted by molar-refractivity contribution is 0.103. The summed E-state index contributed by atoms with van der Waals surface area (Å²) in [4.78, 5) is 39.4. The lowest BCUT2D eigenvalue weighted by Crippen LogP contribution is -2.36. The van der Waals surface area contributed by atoms with Crippen molar-refractivity contribution in [2.45, 2.75) is 6.54 Å². The van der Waals surface area contributed by atoms with Crippen molar-refractivity contribution in [2.75, 3.05) is 5.32 Å². The van der Waals surface area contributed by atoms with Crippen LogP contribution in [0.3, 0.4) is 0 Å². The first kappa shape index (κ1) is 20.7. The number of hydrogen-bond acceptors (Lipinski definition) is 4. The Morgan fingerprint density at radius 3 is 2.27 bits per heavy atom. The molecule has 162 valence electrons. The second-order valence-electron chi connectivity index (χ2n) is 7.51. The van der Waals surface area contributed by atoms with Crippen molar-refractivity contribution in [1.29, 1.82) is 0 Å². The number of para-hydroxylation sites is 1. The Labute approximate surface area is 193 Å². The molecule has 0 saturated carbocycles. The van der Waals surface area contributed by atoms with Crippen molar-refractivity contribution in [2.24, 2.45) is 0 Å². The molecule has 5 aromatic rings. The first-order valence-electron chi connectivity index (χ1n) is 10.4. The fourth-order valence-corrected chi connectivity index (χ4v) is 4.60. The average Bonchev–Trinajstić information content (AvgIpc) is 3.28. The number of aromatic nitrogens is 2. The molecule has 7 heteroatoms. The van der Waals surface area contributed by atoms with Gasteiger partial charge in [0, 0.05) is 23.5 Å². The van der Waals surface area contributed by atoms with E-state index in [4.69, 9.17) is 0 Å². The second-order valence-corrected chi connectivity index (χ2v) is 8.57. The molecule has 0 atom stereocenters. The Balaban J connectivity index is 1.48. The molecule has 2 aromatic heterocycles. The summed E-state index contributed by atoms with van der Waals surface area (Å²) in [7, 11) is 0. The number of benzene rings is 3. The third-order valence-corrected chi connectivity index (χ3v) is 6.35. The molecule has 0 radical (unpaired) electrons. The molecule has 0 spiro atoms. The van der Waals surface area contributed by atoms with Crippen molar-refractivity contribution in [1.82, 2.24) is 8.97 Å². The predicted molar refractivity (Wildman–Crippen MR) is 131 cm³/mol. The summed E-state index contributed by atoms with van der Waals surface area (Å²) in [5.74, 6) is -0.339. The zero-order valence-corrected chi connectivity index (χ0v) is 18.3. The summed E-state index contributed by atoms with van der Waals surface area (Å²) in [6.45, 7) is 0.170. The molecule has 0 unspecified atom stereocenters. The van der Waals surface area contributed by atoms with Crippen molar-refractivity contribution in [3.05, 3.63) is 128 Å². The van der Waals surface area contributed by atoms with E-state index in [2.05, 4.69) is 5.32 Å². The van der Waals surface area contributed by atoms with Crippen LogP contribution in [0.15, 0.2) is 107 Å². The first-order valence-corrected chi connectivity index (χ1v) is 11.2. The van der Waals surface area contributed by atoms with Crippen LogP contribution in [0.5, 0.6) is 0 Å². The summed E-state index contributed by atoms with van der Waals surface area (Å²) in [6.07, 6.45) is 1.49. The SMILES string of the molecule is O=C(Nc1ccccc1-c1ccccc1)c1cn2c(=O)n(Cc3ccccc3)c(=O)cc2s1. The second kappa shape index (κ2) is 8.72. The van der Waals surface area contributed by atoms with E-state index in [1.54, 1.807) is 0 Å². The highest BCUT2D eigenvalue weighted by atomic mass is 32.1. The van der Waals surface area contributed by atoms with E-state index >= 15 is 0 Å². The number of fused-ring (bicyclic) bond motifs is 1. The minimum Gasteiger partial charge on any atom is -0.321 e. The molecule has 2 heterocycles. The molecule has 5 rings (SSSR count). The molecule has 0 aliphatic carbocycles. The number of carbonyl (C=O) groups is 1. The molecular formula is C26H19N3O3S. The molecule has 1 N–H and O–H groups in total. The Kier molecular flexibility index (Phi) is 5.46. The van der Waals surface area contributed by atoms with E-state index in [0.717, 1.165) is 28.0 Å². The van der Waals surface area contributed by atoms with Gasteiger partial charge < -0.3 is 5.32 Å². The minimum atomic E-state index is -0.471. The van der Waals surface area contributed by atoms with E-state index in [-0.39, 0.29) is 12.5 Å². The van der Waals surface area contributed by atoms with Gasteiger partial charge in [-0.3, -0.25) is 18.6 Å². The lowest BCUT2D eigenvalue weighted by Gasteiger charge is -2.10. The Bertz CT molecular complexity index is 1570. The van der Waals surface area contributed by atoms with Crippen LogP contribution in [0.4, 0.5) is 5.69 Å². The van der Waals surface area contributed by atoms with Gasteiger partial charge in [-0.15, -0.1) is 11.3 Å². The van der Waals surface area contributed by atoms with E-state index < -0.39 is 11.2 Å². The lowest BCUT2D eigenvalue weighted by atomic mass is 10.0. The van der Waals surface area contributed by atoms with E-state index in [9.17, 15) is 14.4 Å². The van der Waals surface area contributed by atoms with E-state index in [0.29, 0.717) is 15.4 Å². The molecule has 0 saturated heterocycles. The van der Waals surface area contributed by atoms with Crippen LogP contribution in [0.2, 0.25) is 0 Å². The standard InChI is InChI=1S/C26H19N3O3S/c30-23-15-24-29(26(32)28(23)16-18-9-3-1-4-10-18)17-22(33-24)25(31)27-21-14-8-7-13-20(21)19-11-5-2-6-12-19/h1-15,17H,16H2,(H,27,31). The van der Waals surface area contributed by atoms with Crippen LogP contribution >= 0.6 is 11.3 Å². The summed E-state index contributed by atoms with van der Waals surface area (Å²) in [5.41, 5.74) is 2.53. The Morgan fingerprint density at radius 2 is 1.52 bits per heavy atom. The van der Waals surface area contributed by atoms with Crippen molar-refractivity contribution in [3.8, 4) is 11.1 Å². The topological polar surface area (TPSA) is 72.6 Å². The average molecular weight is 454 g/mol. The summed E-state index contributed by atoms with van der Waals surface area (Å²) in [6, 6.07) is 28.0. The van der Waals surface area contributed by atoms with Crippen LogP contribution < -0.4 is 16.6 Å². The highest BCUT2D eigenvalue weighted by Gasteiger charge is 2.16. The number of carbonyl (C=O) groups excluding carboxylic acids is 1. The molecule has 0 fully saturated rings. The van der Waals surface area contributed by atoms with Gasteiger partial charge in [0.05, 0.1) is 6.54 Å². The number of thiazole rings is 1. The van der Waals surface area contributed by atoms with Gasteiger partial charge in [0.2, 0.25) is 0 Å². The number of hydrogen-bond donors (Lipinski definition) is 1. The van der Waals surface area contributed by atoms with Gasteiger partial charge in [-0.1, -0.05) is 78.9 Å². The molecule has 0 bridgehead atoms. The monoisotopic (exact) mass is 453 g/mol. The van der Waals surface area contributed by atoms with Crippen LogP contribution in [0.1, 0.15) is 15.2 Å². The molecular weight excluding hydrogens is 434 g/mol. The number of nitrogens with one attached hydrogen (secondary N) is 1. The van der Waals surface area contributed by atoms with Gasteiger partial charge in [0.15, 0.2) is 0 Å². The number of amides is 1. The molecule has 33 heavy (non-hydrogen) atoms. The van der Waals surface area contributed by atoms with Gasteiger partial charge in [-0.25, -0.2) is 4.79 Å². The minimum absolute atomic E-state index is 0.170. The van der Waals surface area contributed by atoms with Crippen molar-refractivity contribution in [3.63, 3.8) is 0 Å². The fraction of sp³-hybridized carbons (Fsp3) is 0.0385. The zero-order chi connectivity index (χ0) is 22.8. The van der Waals surface area contributed by atoms with Crippen LogP contribution in [-0.4, -0.2) is 14.9 Å². The zero-order valence-electron chi connectivity index (χ0n) is 17.5. The van der Waals surface area contributed by atoms with E-state index in [1.165, 1.54) is 21.2 Å². The van der Waals surface area contributed by atoms with Crippen LogP contribution in [0, 0.1) is 0 Å². The predicted octanol–water partition coefficient (Wildman–Crippen LogP) is 4.49. The van der Waals surface area contributed by atoms with Crippen LogP contribution in [-0.2, 0) is 6.54 Å². The molecule has 0 aliphatic rings. The third-order valence-electron chi connectivity index (χ3n) is 5.32. The highest BCUT2D eigenvalue weighted by molar-refractivity contribution is 7.19. The molecule has 6 nitrogen and oxygen atoms in total. The highest BCUT2D eigenvalue weighted by Crippen LogP contribution is 2.28. The number of anilines is 1. The number of rotatable bonds is 5. The quantitative estimate of drug-likeness (QED) is 0.426. The summed E-state index contributed by atoms with van der Waals surface area (Å²) in [5, 5.41) is 2.95. The summed E-state index contributed by atoms with van der Waals surface area (Å²) < 4.78 is 2.52. The largest absolute Gasteiger partial charge is 0.336 e. The Hall–Kier alpha value is -4.23. The van der Waals surface area contributed by atoms with Crippen molar-refractivity contribution >= 4 is 27.8 Å². The number of nitrogens with zero attached hydrogens (tertiary/aromatic N) is 2. The molecule has 3 aromatic carbocycles. The smallest absolute Gasteiger partial charge is 0.321 e. The van der Waals surface area contributed by atoms with Gasteiger partial charge in [0.1, 0.15) is 9.71 Å². The Morgan fingerprint density at radius 1 is 0.848 bits per heavy atom. The van der Waals surface area contributed by atoms with E-state index in [1.807, 2.05) is 84.9 Å². The molecule has 1 amide bonds. The molecule has 0 aliphatic heterocycles. The summed E-state index contributed by atoms with van der Waals surface area (Å²) >= 11 is 1.11. The van der Waals surface area contributed by atoms with Gasteiger partial charge in [-0.2, -0.15) is 0 Å². The maximum atomic E-state index is 13.0. The van der Waals surface area contributed by atoms with Gasteiger partial charge in [0.25, 0.3) is 11.5 Å². The van der Waals surface area contributed by atoms with Crippen LogP contribution in [0.25, 0.3) is 16.0 Å². The third kappa shape index (κ3) is 4.14. The van der Waals surface area contributed by atoms with Gasteiger partial charge >= 0.3 is 5.69 Å². The normalized spacial score (nSPS) is 10.9. The fourth-order valence-electron chi connectivity index (χ4n) is 3.69. The van der Waals surface area contributed by atoms with Crippen molar-refractivity contribution < 1.29 is 4.79 Å².